The Morgan fingerprint density at radius 1 is 1.43 bits per heavy atom. The summed E-state index contributed by atoms with van der Waals surface area (Å²) in [4.78, 5) is 20.6. The zero-order valence-corrected chi connectivity index (χ0v) is 16.0. The lowest BCUT2D eigenvalue weighted by Crippen LogP contribution is -2.31. The second kappa shape index (κ2) is 6.80. The monoisotopic (exact) mass is 377 g/mol. The fourth-order valence-electron chi connectivity index (χ4n) is 3.23. The molecule has 0 spiro atoms. The number of nitrogens with zero attached hydrogens (tertiary/aromatic N) is 2. The maximum absolute atomic E-state index is 12.8. The van der Waals surface area contributed by atoms with E-state index in [1.165, 1.54) is 0 Å². The molecule has 144 valence electrons. The molecule has 1 aliphatic carbocycles. The third-order valence-electron chi connectivity index (χ3n) is 4.94. The SMILES string of the molecule is CC(C)(O)CCNC(=O)c1cnc2c([nH]c3cc(C#N)ccc32)c1NC1CC1. The van der Waals surface area contributed by atoms with E-state index in [-0.39, 0.29) is 5.91 Å². The largest absolute Gasteiger partial charge is 0.390 e. The van der Waals surface area contributed by atoms with E-state index in [1.807, 2.05) is 6.07 Å². The van der Waals surface area contributed by atoms with Crippen LogP contribution in [0.5, 0.6) is 0 Å². The van der Waals surface area contributed by atoms with Crippen LogP contribution in [0.25, 0.3) is 21.9 Å². The van der Waals surface area contributed by atoms with Gasteiger partial charge in [0.2, 0.25) is 0 Å². The number of H-pyrrole nitrogens is 1. The van der Waals surface area contributed by atoms with Crippen molar-refractivity contribution in [1.29, 1.82) is 5.26 Å². The molecular formula is C21H23N5O2. The Labute approximate surface area is 162 Å². The predicted octanol–water partition coefficient (Wildman–Crippen LogP) is 3.05. The Kier molecular flexibility index (Phi) is 4.44. The average Bonchev–Trinajstić information content (AvgIpc) is 3.38. The number of nitrogens with one attached hydrogen (secondary N) is 3. The highest BCUT2D eigenvalue weighted by molar-refractivity contribution is 6.14. The minimum Gasteiger partial charge on any atom is -0.390 e. The lowest BCUT2D eigenvalue weighted by molar-refractivity contribution is 0.0693. The van der Waals surface area contributed by atoms with Crippen molar-refractivity contribution < 1.29 is 9.90 Å². The quantitative estimate of drug-likeness (QED) is 0.527. The van der Waals surface area contributed by atoms with E-state index in [0.29, 0.717) is 30.1 Å². The number of nitriles is 1. The van der Waals surface area contributed by atoms with Crippen molar-refractivity contribution in [1.82, 2.24) is 15.3 Å². The Balaban J connectivity index is 1.74. The van der Waals surface area contributed by atoms with Crippen LogP contribution in [0.2, 0.25) is 0 Å². The second-order valence-corrected chi connectivity index (χ2v) is 8.00. The maximum atomic E-state index is 12.8. The fourth-order valence-corrected chi connectivity index (χ4v) is 3.23. The van der Waals surface area contributed by atoms with Crippen molar-refractivity contribution in [3.63, 3.8) is 0 Å². The molecule has 0 bridgehead atoms. The Hall–Kier alpha value is -3.11. The van der Waals surface area contributed by atoms with Crippen molar-refractivity contribution in [2.75, 3.05) is 11.9 Å². The zero-order chi connectivity index (χ0) is 19.9. The first-order chi connectivity index (χ1) is 13.4. The van der Waals surface area contributed by atoms with E-state index in [9.17, 15) is 9.90 Å². The molecule has 7 nitrogen and oxygen atoms in total. The van der Waals surface area contributed by atoms with Crippen LogP contribution in [0.3, 0.4) is 0 Å². The highest BCUT2D eigenvalue weighted by Gasteiger charge is 2.26. The smallest absolute Gasteiger partial charge is 0.255 e. The van der Waals surface area contributed by atoms with Gasteiger partial charge in [0.05, 0.1) is 39.5 Å². The minimum atomic E-state index is -0.833. The van der Waals surface area contributed by atoms with Crippen LogP contribution < -0.4 is 10.6 Å². The van der Waals surface area contributed by atoms with E-state index >= 15 is 0 Å². The molecule has 28 heavy (non-hydrogen) atoms. The number of hydrogen-bond acceptors (Lipinski definition) is 5. The van der Waals surface area contributed by atoms with Crippen molar-refractivity contribution in [3.05, 3.63) is 35.5 Å². The van der Waals surface area contributed by atoms with Crippen LogP contribution in [0.4, 0.5) is 5.69 Å². The average molecular weight is 377 g/mol. The van der Waals surface area contributed by atoms with E-state index < -0.39 is 5.60 Å². The Morgan fingerprint density at radius 3 is 2.89 bits per heavy atom. The van der Waals surface area contributed by atoms with Gasteiger partial charge in [0.15, 0.2) is 0 Å². The van der Waals surface area contributed by atoms with Crippen molar-refractivity contribution >= 4 is 33.5 Å². The van der Waals surface area contributed by atoms with E-state index in [1.54, 1.807) is 32.2 Å². The summed E-state index contributed by atoms with van der Waals surface area (Å²) in [5.74, 6) is -0.224. The molecule has 4 N–H and O–H groups in total. The molecule has 0 radical (unpaired) electrons. The van der Waals surface area contributed by atoms with Gasteiger partial charge in [-0.2, -0.15) is 5.26 Å². The van der Waals surface area contributed by atoms with Gasteiger partial charge in [-0.15, -0.1) is 0 Å². The van der Waals surface area contributed by atoms with Crippen molar-refractivity contribution in [2.45, 2.75) is 44.8 Å². The van der Waals surface area contributed by atoms with Crippen LogP contribution in [-0.4, -0.2) is 39.2 Å². The number of pyridine rings is 1. The van der Waals surface area contributed by atoms with Gasteiger partial charge in [-0.1, -0.05) is 0 Å². The second-order valence-electron chi connectivity index (χ2n) is 8.00. The number of rotatable bonds is 6. The molecule has 2 aromatic heterocycles. The number of aliphatic hydroxyl groups is 1. The number of amides is 1. The number of carbonyl (C=O) groups is 1. The molecule has 0 aliphatic heterocycles. The topological polar surface area (TPSA) is 114 Å². The number of aromatic amines is 1. The summed E-state index contributed by atoms with van der Waals surface area (Å²) in [6, 6.07) is 7.94. The molecule has 4 rings (SSSR count). The summed E-state index contributed by atoms with van der Waals surface area (Å²) >= 11 is 0. The third-order valence-corrected chi connectivity index (χ3v) is 4.94. The molecule has 0 atom stereocenters. The predicted molar refractivity (Wildman–Crippen MR) is 108 cm³/mol. The molecule has 1 amide bonds. The normalized spacial score (nSPS) is 14.2. The first-order valence-electron chi connectivity index (χ1n) is 9.47. The molecule has 1 aromatic carbocycles. The summed E-state index contributed by atoms with van der Waals surface area (Å²) in [6.45, 7) is 3.81. The number of carbonyl (C=O) groups excluding carboxylic acids is 1. The van der Waals surface area contributed by atoms with Gasteiger partial charge in [-0.25, -0.2) is 0 Å². The molecule has 0 unspecified atom stereocenters. The summed E-state index contributed by atoms with van der Waals surface area (Å²) in [6.07, 6.45) is 4.20. The molecule has 7 heteroatoms. The third kappa shape index (κ3) is 3.64. The Morgan fingerprint density at radius 2 is 2.21 bits per heavy atom. The molecule has 1 saturated carbocycles. The van der Waals surface area contributed by atoms with Crippen LogP contribution in [-0.2, 0) is 0 Å². The van der Waals surface area contributed by atoms with Crippen LogP contribution in [0.1, 0.15) is 49.0 Å². The lowest BCUT2D eigenvalue weighted by atomic mass is 10.1. The number of hydrogen-bond donors (Lipinski definition) is 4. The first kappa shape index (κ1) is 18.3. The molecule has 0 saturated heterocycles. The van der Waals surface area contributed by atoms with Crippen LogP contribution >= 0.6 is 0 Å². The number of fused-ring (bicyclic) bond motifs is 3. The maximum Gasteiger partial charge on any atom is 0.255 e. The fraction of sp³-hybridized carbons (Fsp3) is 0.381. The summed E-state index contributed by atoms with van der Waals surface area (Å²) in [5.41, 5.74) is 3.31. The highest BCUT2D eigenvalue weighted by atomic mass is 16.3. The van der Waals surface area contributed by atoms with Gasteiger partial charge in [0, 0.05) is 29.7 Å². The van der Waals surface area contributed by atoms with Gasteiger partial charge >= 0.3 is 0 Å². The van der Waals surface area contributed by atoms with Crippen LogP contribution in [0.15, 0.2) is 24.4 Å². The zero-order valence-electron chi connectivity index (χ0n) is 16.0. The number of anilines is 1. The van der Waals surface area contributed by atoms with Crippen LogP contribution in [0, 0.1) is 11.3 Å². The minimum absolute atomic E-state index is 0.224. The summed E-state index contributed by atoms with van der Waals surface area (Å²) in [5, 5.41) is 26.2. The lowest BCUT2D eigenvalue weighted by Gasteiger charge is -2.17. The van der Waals surface area contributed by atoms with Gasteiger partial charge in [-0.3, -0.25) is 9.78 Å². The van der Waals surface area contributed by atoms with Gasteiger partial charge < -0.3 is 20.7 Å². The number of benzene rings is 1. The Bertz CT molecular complexity index is 1100. The summed E-state index contributed by atoms with van der Waals surface area (Å²) in [7, 11) is 0. The van der Waals surface area contributed by atoms with Gasteiger partial charge in [0.1, 0.15) is 0 Å². The van der Waals surface area contributed by atoms with E-state index in [0.717, 1.165) is 40.5 Å². The van der Waals surface area contributed by atoms with Gasteiger partial charge in [-0.05, 0) is 51.3 Å². The molecular weight excluding hydrogens is 354 g/mol. The van der Waals surface area contributed by atoms with Gasteiger partial charge in [0.25, 0.3) is 5.91 Å². The molecule has 2 heterocycles. The van der Waals surface area contributed by atoms with E-state index in [2.05, 4.69) is 26.7 Å². The molecule has 1 aliphatic rings. The highest BCUT2D eigenvalue weighted by Crippen LogP contribution is 2.35. The number of aromatic nitrogens is 2. The standard InChI is InChI=1S/C21H23N5O2/c1-21(2,28)7-8-23-20(27)15-11-24-17-14-6-3-12(10-22)9-16(14)26-19(17)18(15)25-13-4-5-13/h3,6,9,11,13,26,28H,4-5,7-8H2,1-2H3,(H,23,27)(H,24,25). The summed E-state index contributed by atoms with van der Waals surface area (Å²) < 4.78 is 0. The van der Waals surface area contributed by atoms with Crippen molar-refractivity contribution in [3.8, 4) is 6.07 Å². The molecule has 1 fully saturated rings. The first-order valence-corrected chi connectivity index (χ1v) is 9.47. The molecule has 3 aromatic rings. The van der Waals surface area contributed by atoms with Crippen molar-refractivity contribution in [2.24, 2.45) is 0 Å². The van der Waals surface area contributed by atoms with E-state index in [4.69, 9.17) is 5.26 Å².